The molecule has 2 unspecified atom stereocenters. The molecule has 0 saturated carbocycles. The Balaban J connectivity index is 1.87. The van der Waals surface area contributed by atoms with Gasteiger partial charge in [-0.2, -0.15) is 0 Å². The summed E-state index contributed by atoms with van der Waals surface area (Å²) in [5.74, 6) is 0. The minimum atomic E-state index is 0.689. The average Bonchev–Trinajstić information content (AvgIpc) is 2.64. The number of benzene rings is 1. The molecule has 0 aliphatic carbocycles. The Hall–Kier alpha value is -0.250. The third kappa shape index (κ3) is 2.17. The lowest BCUT2D eigenvalue weighted by molar-refractivity contribution is 0.374. The molecular weight excluding hydrogens is 312 g/mol. The van der Waals surface area contributed by atoms with Crippen LogP contribution in [0.15, 0.2) is 22.7 Å². The molecule has 0 aromatic heterocycles. The number of nitrogens with one attached hydrogen (secondary N) is 1. The van der Waals surface area contributed by atoms with E-state index in [4.69, 9.17) is 11.6 Å². The minimum absolute atomic E-state index is 0.689. The normalized spacial score (nSPS) is 30.8. The van der Waals surface area contributed by atoms with Crippen molar-refractivity contribution in [1.82, 2.24) is 5.32 Å². The van der Waals surface area contributed by atoms with Gasteiger partial charge < -0.3 is 10.2 Å². The summed E-state index contributed by atoms with van der Waals surface area (Å²) in [5.41, 5.74) is 1.31. The summed E-state index contributed by atoms with van der Waals surface area (Å²) in [6, 6.07) is 8.37. The first-order valence-electron chi connectivity index (χ1n) is 6.59. The Morgan fingerprint density at radius 1 is 1.28 bits per heavy atom. The number of nitrogens with zero attached hydrogens (tertiary/aromatic N) is 1. The summed E-state index contributed by atoms with van der Waals surface area (Å²) in [6.45, 7) is 0. The van der Waals surface area contributed by atoms with Crippen LogP contribution in [0, 0.1) is 0 Å². The molecular formula is C14H18BrClN2. The van der Waals surface area contributed by atoms with E-state index in [1.807, 2.05) is 6.07 Å². The van der Waals surface area contributed by atoms with Gasteiger partial charge in [-0.25, -0.2) is 0 Å². The molecule has 0 spiro atoms. The minimum Gasteiger partial charge on any atom is -0.365 e. The lowest BCUT2D eigenvalue weighted by Gasteiger charge is -2.40. The maximum atomic E-state index is 6.08. The molecule has 2 atom stereocenters. The standard InChI is InChI=1S/C14H18BrClN2/c1-17-9-6-10-2-3-11(7-9)18(10)12-4-5-14(16)13(15)8-12/h4-5,8-11,17H,2-3,6-7H2,1H3. The van der Waals surface area contributed by atoms with E-state index in [0.29, 0.717) is 18.1 Å². The highest BCUT2D eigenvalue weighted by Gasteiger charge is 2.40. The molecule has 2 saturated heterocycles. The molecule has 3 rings (SSSR count). The van der Waals surface area contributed by atoms with Crippen molar-refractivity contribution < 1.29 is 0 Å². The molecule has 2 nitrogen and oxygen atoms in total. The van der Waals surface area contributed by atoms with Crippen molar-refractivity contribution in [3.05, 3.63) is 27.7 Å². The number of fused-ring (bicyclic) bond motifs is 2. The fourth-order valence-corrected chi connectivity index (χ4v) is 3.96. The Kier molecular flexibility index (Phi) is 3.57. The van der Waals surface area contributed by atoms with E-state index in [0.717, 1.165) is 9.50 Å². The molecule has 2 fully saturated rings. The molecule has 2 bridgehead atoms. The van der Waals surface area contributed by atoms with Crippen molar-refractivity contribution >= 4 is 33.2 Å². The van der Waals surface area contributed by atoms with Gasteiger partial charge in [-0.1, -0.05) is 11.6 Å². The summed E-state index contributed by atoms with van der Waals surface area (Å²) >= 11 is 9.61. The topological polar surface area (TPSA) is 15.3 Å². The lowest BCUT2D eigenvalue weighted by Crippen LogP contribution is -2.48. The van der Waals surface area contributed by atoms with E-state index < -0.39 is 0 Å². The molecule has 1 N–H and O–H groups in total. The zero-order chi connectivity index (χ0) is 12.7. The maximum absolute atomic E-state index is 6.08. The van der Waals surface area contributed by atoms with E-state index in [2.05, 4.69) is 45.3 Å². The van der Waals surface area contributed by atoms with Crippen molar-refractivity contribution in [2.24, 2.45) is 0 Å². The van der Waals surface area contributed by atoms with Crippen molar-refractivity contribution in [3.63, 3.8) is 0 Å². The van der Waals surface area contributed by atoms with Gasteiger partial charge in [-0.05, 0) is 66.9 Å². The van der Waals surface area contributed by atoms with E-state index in [9.17, 15) is 0 Å². The molecule has 18 heavy (non-hydrogen) atoms. The van der Waals surface area contributed by atoms with Crippen molar-refractivity contribution in [3.8, 4) is 0 Å². The lowest BCUT2D eigenvalue weighted by atomic mass is 9.97. The van der Waals surface area contributed by atoms with Gasteiger partial charge in [0.25, 0.3) is 0 Å². The Labute approximate surface area is 122 Å². The molecule has 0 amide bonds. The largest absolute Gasteiger partial charge is 0.365 e. The van der Waals surface area contributed by atoms with Gasteiger partial charge in [-0.3, -0.25) is 0 Å². The highest BCUT2D eigenvalue weighted by molar-refractivity contribution is 9.10. The van der Waals surface area contributed by atoms with Crippen LogP contribution in [0.3, 0.4) is 0 Å². The number of rotatable bonds is 2. The molecule has 2 aliphatic heterocycles. The summed E-state index contributed by atoms with van der Waals surface area (Å²) in [5, 5.41) is 4.23. The fraction of sp³-hybridized carbons (Fsp3) is 0.571. The van der Waals surface area contributed by atoms with Gasteiger partial charge in [0.15, 0.2) is 0 Å². The molecule has 1 aromatic rings. The van der Waals surface area contributed by atoms with Crippen LogP contribution in [0.1, 0.15) is 25.7 Å². The van der Waals surface area contributed by atoms with Gasteiger partial charge in [0.1, 0.15) is 0 Å². The summed E-state index contributed by atoms with van der Waals surface area (Å²) in [6.07, 6.45) is 5.16. The molecule has 4 heteroatoms. The summed E-state index contributed by atoms with van der Waals surface area (Å²) in [4.78, 5) is 2.61. The zero-order valence-corrected chi connectivity index (χ0v) is 12.8. The van der Waals surface area contributed by atoms with Crippen molar-refractivity contribution in [2.45, 2.75) is 43.8 Å². The van der Waals surface area contributed by atoms with Crippen LogP contribution < -0.4 is 10.2 Å². The Bertz CT molecular complexity index is 437. The van der Waals surface area contributed by atoms with Gasteiger partial charge >= 0.3 is 0 Å². The first-order chi connectivity index (χ1) is 8.69. The van der Waals surface area contributed by atoms with E-state index >= 15 is 0 Å². The van der Waals surface area contributed by atoms with E-state index in [-0.39, 0.29) is 0 Å². The van der Waals surface area contributed by atoms with Crippen molar-refractivity contribution in [2.75, 3.05) is 11.9 Å². The van der Waals surface area contributed by atoms with Gasteiger partial charge in [-0.15, -0.1) is 0 Å². The quantitative estimate of drug-likeness (QED) is 0.887. The van der Waals surface area contributed by atoms with Gasteiger partial charge in [0, 0.05) is 28.3 Å². The maximum Gasteiger partial charge on any atom is 0.0549 e. The third-order valence-corrected chi connectivity index (χ3v) is 5.56. The SMILES string of the molecule is CNC1CC2CCC(C1)N2c1ccc(Cl)c(Br)c1. The van der Waals surface area contributed by atoms with Crippen LogP contribution >= 0.6 is 27.5 Å². The van der Waals surface area contributed by atoms with Crippen LogP contribution in [0.4, 0.5) is 5.69 Å². The summed E-state index contributed by atoms with van der Waals surface area (Å²) in [7, 11) is 2.08. The first kappa shape index (κ1) is 12.8. The molecule has 2 heterocycles. The summed E-state index contributed by atoms with van der Waals surface area (Å²) < 4.78 is 0.997. The van der Waals surface area contributed by atoms with E-state index in [1.165, 1.54) is 31.4 Å². The second-order valence-electron chi connectivity index (χ2n) is 5.35. The number of hydrogen-bond acceptors (Lipinski definition) is 2. The predicted octanol–water partition coefficient (Wildman–Crippen LogP) is 3.82. The number of piperidine rings is 1. The third-order valence-electron chi connectivity index (χ3n) is 4.34. The molecule has 0 radical (unpaired) electrons. The van der Waals surface area contributed by atoms with Gasteiger partial charge in [0.05, 0.1) is 5.02 Å². The van der Waals surface area contributed by atoms with Crippen molar-refractivity contribution in [1.29, 1.82) is 0 Å². The predicted molar refractivity (Wildman–Crippen MR) is 80.5 cm³/mol. The average molecular weight is 330 g/mol. The Morgan fingerprint density at radius 2 is 1.94 bits per heavy atom. The van der Waals surface area contributed by atoms with Crippen LogP contribution in [-0.2, 0) is 0 Å². The molecule has 98 valence electrons. The monoisotopic (exact) mass is 328 g/mol. The van der Waals surface area contributed by atoms with Crippen LogP contribution in [-0.4, -0.2) is 25.2 Å². The van der Waals surface area contributed by atoms with E-state index in [1.54, 1.807) is 0 Å². The van der Waals surface area contributed by atoms with Gasteiger partial charge in [0.2, 0.25) is 0 Å². The number of halogens is 2. The second-order valence-corrected chi connectivity index (χ2v) is 6.61. The second kappa shape index (κ2) is 5.03. The number of hydrogen-bond donors (Lipinski definition) is 1. The van der Waals surface area contributed by atoms with Crippen LogP contribution in [0.25, 0.3) is 0 Å². The van der Waals surface area contributed by atoms with Crippen LogP contribution in [0.2, 0.25) is 5.02 Å². The first-order valence-corrected chi connectivity index (χ1v) is 7.77. The smallest absolute Gasteiger partial charge is 0.0549 e. The van der Waals surface area contributed by atoms with Crippen LogP contribution in [0.5, 0.6) is 0 Å². The molecule has 2 aliphatic rings. The number of anilines is 1. The zero-order valence-electron chi connectivity index (χ0n) is 10.5. The Morgan fingerprint density at radius 3 is 2.50 bits per heavy atom. The highest BCUT2D eigenvalue weighted by Crippen LogP contribution is 2.40. The fourth-order valence-electron chi connectivity index (χ4n) is 3.48. The molecule has 1 aromatic carbocycles. The highest BCUT2D eigenvalue weighted by atomic mass is 79.9.